The van der Waals surface area contributed by atoms with Gasteiger partial charge in [-0.1, -0.05) is 0 Å². The van der Waals surface area contributed by atoms with Crippen LogP contribution in [0.3, 0.4) is 0 Å². The highest BCUT2D eigenvalue weighted by Gasteiger charge is 2.43. The third kappa shape index (κ3) is 6.05. The molecule has 226 valence electrons. The molecule has 42 heavy (non-hydrogen) atoms. The molecular formula is C32H42N4O6. The maximum absolute atomic E-state index is 14.0. The molecule has 0 bridgehead atoms. The highest BCUT2D eigenvalue weighted by atomic mass is 16.5. The fraction of sp³-hybridized carbons (Fsp3) is 0.562. The van der Waals surface area contributed by atoms with E-state index < -0.39 is 11.8 Å². The molecule has 10 heteroatoms. The minimum absolute atomic E-state index is 0.240. The first-order valence-corrected chi connectivity index (χ1v) is 14.9. The Kier molecular flexibility index (Phi) is 9.49. The Morgan fingerprint density at radius 2 is 1.38 bits per heavy atom. The Morgan fingerprint density at radius 3 is 2.00 bits per heavy atom. The average Bonchev–Trinajstić information content (AvgIpc) is 2.96. The number of nitrogens with one attached hydrogen (secondary N) is 1. The molecule has 0 aromatic heterocycles. The quantitative estimate of drug-likeness (QED) is 0.281. The van der Waals surface area contributed by atoms with E-state index >= 15 is 0 Å². The zero-order chi connectivity index (χ0) is 30.0. The molecule has 1 aliphatic heterocycles. The number of carbonyl (C=O) groups is 4. The van der Waals surface area contributed by atoms with Gasteiger partial charge in [0.15, 0.2) is 23.1 Å². The van der Waals surface area contributed by atoms with Crippen molar-refractivity contribution in [1.29, 1.82) is 0 Å². The number of hydrogen-bond donors (Lipinski definition) is 1. The molecule has 2 aliphatic carbocycles. The largest absolute Gasteiger partial charge is 0.382 e. The van der Waals surface area contributed by atoms with Crippen LogP contribution in [-0.4, -0.2) is 132 Å². The number of anilines is 1. The molecule has 2 unspecified atom stereocenters. The monoisotopic (exact) mass is 578 g/mol. The standard InChI is InChI=1S/C32H42N4O6/c1-34(2)10-7-22-29(37)20-5-6-21-27-26(20)24(31(22)39)19-25(28(27)32(40)23(30(21)38)8-11-35(3)4)33-9-15-41-16-12-36-13-17-42-18-14-36/h5-6,19,22-23,33H,7-18H2,1-4H3. The van der Waals surface area contributed by atoms with Crippen molar-refractivity contribution in [3.05, 3.63) is 40.5 Å². The minimum Gasteiger partial charge on any atom is -0.382 e. The van der Waals surface area contributed by atoms with E-state index in [1.165, 1.54) is 0 Å². The summed E-state index contributed by atoms with van der Waals surface area (Å²) in [5.41, 5.74) is 2.14. The molecular weight excluding hydrogens is 536 g/mol. The topological polar surface area (TPSA) is 108 Å². The Labute approximate surface area is 247 Å². The summed E-state index contributed by atoms with van der Waals surface area (Å²) in [6, 6.07) is 5.08. The van der Waals surface area contributed by atoms with Crippen LogP contribution in [0.1, 0.15) is 54.3 Å². The van der Waals surface area contributed by atoms with Crippen molar-refractivity contribution < 1.29 is 28.7 Å². The lowest BCUT2D eigenvalue weighted by Gasteiger charge is -2.31. The van der Waals surface area contributed by atoms with Gasteiger partial charge in [0.25, 0.3) is 0 Å². The molecule has 0 spiro atoms. The van der Waals surface area contributed by atoms with Gasteiger partial charge in [-0.15, -0.1) is 0 Å². The van der Waals surface area contributed by atoms with E-state index in [2.05, 4.69) is 10.2 Å². The van der Waals surface area contributed by atoms with E-state index in [-0.39, 0.29) is 23.1 Å². The SMILES string of the molecule is CN(C)CCC1C(=O)c2ccc3c4c(c(NCCOCCN5CCOCC5)cc(c24)C1=O)C(=O)C(CCN(C)C)C3=O. The van der Waals surface area contributed by atoms with Gasteiger partial charge in [0.1, 0.15) is 0 Å². The van der Waals surface area contributed by atoms with Crippen molar-refractivity contribution in [3.63, 3.8) is 0 Å². The van der Waals surface area contributed by atoms with E-state index in [9.17, 15) is 19.2 Å². The second kappa shape index (κ2) is 13.1. The molecule has 0 amide bonds. The van der Waals surface area contributed by atoms with E-state index in [1.807, 2.05) is 38.0 Å². The Bertz CT molecular complexity index is 1380. The van der Waals surface area contributed by atoms with E-state index in [0.29, 0.717) is 84.4 Å². The van der Waals surface area contributed by atoms with E-state index in [0.717, 1.165) is 32.8 Å². The number of morpholine rings is 1. The summed E-state index contributed by atoms with van der Waals surface area (Å²) in [5, 5.41) is 4.23. The molecule has 1 fully saturated rings. The number of ether oxygens (including phenoxy) is 2. The van der Waals surface area contributed by atoms with Gasteiger partial charge in [-0.25, -0.2) is 0 Å². The van der Waals surface area contributed by atoms with Crippen LogP contribution < -0.4 is 5.32 Å². The van der Waals surface area contributed by atoms with Gasteiger partial charge in [-0.2, -0.15) is 0 Å². The van der Waals surface area contributed by atoms with Gasteiger partial charge in [0, 0.05) is 59.3 Å². The molecule has 1 heterocycles. The lowest BCUT2D eigenvalue weighted by atomic mass is 9.71. The minimum atomic E-state index is -0.813. The van der Waals surface area contributed by atoms with Crippen LogP contribution in [0.2, 0.25) is 0 Å². The number of nitrogens with zero attached hydrogens (tertiary/aromatic N) is 3. The maximum Gasteiger partial charge on any atom is 0.176 e. The molecule has 5 rings (SSSR count). The summed E-state index contributed by atoms with van der Waals surface area (Å²) < 4.78 is 11.3. The molecule has 1 saturated heterocycles. The number of rotatable bonds is 13. The number of Topliss-reactive ketones (excluding diaryl/α,β-unsaturated/α-hetero) is 4. The summed E-state index contributed by atoms with van der Waals surface area (Å²) in [6.07, 6.45) is 0.795. The maximum atomic E-state index is 14.0. The fourth-order valence-electron chi connectivity index (χ4n) is 6.22. The number of ketones is 4. The lowest BCUT2D eigenvalue weighted by molar-refractivity contribution is 0.0215. The predicted molar refractivity (Wildman–Crippen MR) is 161 cm³/mol. The van der Waals surface area contributed by atoms with E-state index in [4.69, 9.17) is 9.47 Å². The van der Waals surface area contributed by atoms with Gasteiger partial charge in [0.05, 0.1) is 43.8 Å². The van der Waals surface area contributed by atoms with Gasteiger partial charge in [-0.05, 0) is 72.3 Å². The van der Waals surface area contributed by atoms with Gasteiger partial charge in [0.2, 0.25) is 0 Å². The highest BCUT2D eigenvalue weighted by molar-refractivity contribution is 6.38. The molecule has 10 nitrogen and oxygen atoms in total. The first kappa shape index (κ1) is 30.4. The summed E-state index contributed by atoms with van der Waals surface area (Å²) in [5.74, 6) is -2.60. The second-order valence-electron chi connectivity index (χ2n) is 12.0. The molecule has 3 aliphatic rings. The Morgan fingerprint density at radius 1 is 0.810 bits per heavy atom. The number of benzene rings is 2. The summed E-state index contributed by atoms with van der Waals surface area (Å²) >= 11 is 0. The third-order valence-corrected chi connectivity index (χ3v) is 8.54. The van der Waals surface area contributed by atoms with Crippen molar-refractivity contribution in [1.82, 2.24) is 14.7 Å². The lowest BCUT2D eigenvalue weighted by Crippen LogP contribution is -2.38. The van der Waals surface area contributed by atoms with Crippen molar-refractivity contribution >= 4 is 39.6 Å². The normalized spacial score (nSPS) is 20.8. The number of carbonyl (C=O) groups excluding carboxylic acids is 4. The average molecular weight is 579 g/mol. The molecule has 0 saturated carbocycles. The van der Waals surface area contributed by atoms with Crippen molar-refractivity contribution in [2.45, 2.75) is 12.8 Å². The van der Waals surface area contributed by atoms with Crippen molar-refractivity contribution in [2.24, 2.45) is 11.8 Å². The highest BCUT2D eigenvalue weighted by Crippen LogP contribution is 2.44. The third-order valence-electron chi connectivity index (χ3n) is 8.54. The van der Waals surface area contributed by atoms with Crippen molar-refractivity contribution in [3.8, 4) is 0 Å². The summed E-state index contributed by atoms with van der Waals surface area (Å²) in [4.78, 5) is 61.2. The van der Waals surface area contributed by atoms with Crippen LogP contribution in [0.5, 0.6) is 0 Å². The van der Waals surface area contributed by atoms with Crippen LogP contribution in [-0.2, 0) is 9.47 Å². The van der Waals surface area contributed by atoms with Crippen LogP contribution >= 0.6 is 0 Å². The van der Waals surface area contributed by atoms with Crippen LogP contribution in [0.4, 0.5) is 5.69 Å². The summed E-state index contributed by atoms with van der Waals surface area (Å²) in [6.45, 7) is 6.71. The van der Waals surface area contributed by atoms with Gasteiger partial charge < -0.3 is 24.6 Å². The molecule has 1 N–H and O–H groups in total. The summed E-state index contributed by atoms with van der Waals surface area (Å²) in [7, 11) is 7.64. The zero-order valence-corrected chi connectivity index (χ0v) is 25.2. The Hall–Kier alpha value is -3.02. The molecule has 2 atom stereocenters. The second-order valence-corrected chi connectivity index (χ2v) is 12.0. The molecule has 0 radical (unpaired) electrons. The first-order chi connectivity index (χ1) is 20.2. The molecule has 2 aromatic rings. The Balaban J connectivity index is 1.46. The van der Waals surface area contributed by atoms with Gasteiger partial charge >= 0.3 is 0 Å². The van der Waals surface area contributed by atoms with Crippen LogP contribution in [0.25, 0.3) is 10.8 Å². The first-order valence-electron chi connectivity index (χ1n) is 14.9. The van der Waals surface area contributed by atoms with Gasteiger partial charge in [-0.3, -0.25) is 24.1 Å². The number of hydrogen-bond acceptors (Lipinski definition) is 10. The van der Waals surface area contributed by atoms with E-state index in [1.54, 1.807) is 18.2 Å². The fourth-order valence-corrected chi connectivity index (χ4v) is 6.22. The molecule has 2 aromatic carbocycles. The van der Waals surface area contributed by atoms with Crippen molar-refractivity contribution in [2.75, 3.05) is 99.2 Å². The predicted octanol–water partition coefficient (Wildman–Crippen LogP) is 2.49. The van der Waals surface area contributed by atoms with Crippen LogP contribution in [0, 0.1) is 11.8 Å². The smallest absolute Gasteiger partial charge is 0.176 e. The zero-order valence-electron chi connectivity index (χ0n) is 25.2. The van der Waals surface area contributed by atoms with Crippen LogP contribution in [0.15, 0.2) is 18.2 Å².